The van der Waals surface area contributed by atoms with Crippen LogP contribution in [0.25, 0.3) is 0 Å². The van der Waals surface area contributed by atoms with E-state index in [0.29, 0.717) is 12.0 Å². The fourth-order valence-corrected chi connectivity index (χ4v) is 2.76. The van der Waals surface area contributed by atoms with Crippen LogP contribution >= 0.6 is 0 Å². The zero-order valence-corrected chi connectivity index (χ0v) is 12.0. The van der Waals surface area contributed by atoms with Gasteiger partial charge in [0.15, 0.2) is 0 Å². The van der Waals surface area contributed by atoms with Gasteiger partial charge in [-0.05, 0) is 37.5 Å². The van der Waals surface area contributed by atoms with Crippen LogP contribution in [0.1, 0.15) is 58.1 Å². The molecule has 0 bridgehead atoms. The molecule has 4 nitrogen and oxygen atoms in total. The summed E-state index contributed by atoms with van der Waals surface area (Å²) in [6.45, 7) is 6.60. The molecule has 1 aliphatic carbocycles. The number of anilines is 2. The van der Waals surface area contributed by atoms with Gasteiger partial charge in [-0.2, -0.15) is 5.10 Å². The molecule has 0 spiro atoms. The third-order valence-electron chi connectivity index (χ3n) is 4.02. The van der Waals surface area contributed by atoms with Crippen LogP contribution in [0.3, 0.4) is 0 Å². The Hall–Kier alpha value is -1.19. The van der Waals surface area contributed by atoms with Gasteiger partial charge in [0.2, 0.25) is 0 Å². The Morgan fingerprint density at radius 2 is 1.89 bits per heavy atom. The summed E-state index contributed by atoms with van der Waals surface area (Å²) in [5.74, 6) is 2.24. The molecule has 0 aliphatic heterocycles. The molecule has 0 amide bonds. The highest BCUT2D eigenvalue weighted by molar-refractivity contribution is 5.66. The lowest BCUT2D eigenvalue weighted by Gasteiger charge is -2.27. The van der Waals surface area contributed by atoms with Crippen molar-refractivity contribution >= 4 is 11.5 Å². The van der Waals surface area contributed by atoms with E-state index in [9.17, 15) is 0 Å². The fourth-order valence-electron chi connectivity index (χ4n) is 2.76. The molecule has 0 saturated heterocycles. The maximum Gasteiger partial charge on any atom is 0.148 e. The minimum Gasteiger partial charge on any atom is -0.394 e. The maximum atomic E-state index is 6.20. The fraction of sp³-hybridized carbons (Fsp3) is 0.786. The van der Waals surface area contributed by atoms with Gasteiger partial charge >= 0.3 is 0 Å². The van der Waals surface area contributed by atoms with Gasteiger partial charge in [0, 0.05) is 13.1 Å². The first kappa shape index (κ1) is 13.2. The Kier molecular flexibility index (Phi) is 3.83. The average Bonchev–Trinajstić information content (AvgIpc) is 2.60. The van der Waals surface area contributed by atoms with Crippen LogP contribution < -0.4 is 11.1 Å². The Morgan fingerprint density at radius 3 is 2.39 bits per heavy atom. The van der Waals surface area contributed by atoms with Crippen molar-refractivity contribution in [3.05, 3.63) is 5.69 Å². The van der Waals surface area contributed by atoms with Gasteiger partial charge in [-0.15, -0.1) is 0 Å². The topological polar surface area (TPSA) is 55.9 Å². The summed E-state index contributed by atoms with van der Waals surface area (Å²) in [5, 5.41) is 8.11. The molecule has 2 rings (SSSR count). The molecule has 1 aromatic heterocycles. The SMILES string of the molecule is CC1CCC(Nc2c(N)c(C(C)C)nn2C)CC1. The Labute approximate surface area is 110 Å². The van der Waals surface area contributed by atoms with Crippen molar-refractivity contribution in [2.75, 3.05) is 11.1 Å². The van der Waals surface area contributed by atoms with E-state index in [4.69, 9.17) is 5.73 Å². The second-order valence-electron chi connectivity index (χ2n) is 6.03. The number of aryl methyl sites for hydroxylation is 1. The molecule has 0 atom stereocenters. The summed E-state index contributed by atoms with van der Waals surface area (Å²) in [4.78, 5) is 0. The van der Waals surface area contributed by atoms with Crippen LogP contribution in [0.4, 0.5) is 11.5 Å². The molecule has 1 saturated carbocycles. The Morgan fingerprint density at radius 1 is 1.28 bits per heavy atom. The van der Waals surface area contributed by atoms with Crippen LogP contribution in [-0.2, 0) is 7.05 Å². The first-order valence-corrected chi connectivity index (χ1v) is 7.08. The summed E-state index contributed by atoms with van der Waals surface area (Å²) in [6.07, 6.45) is 5.10. The molecule has 0 aromatic carbocycles. The van der Waals surface area contributed by atoms with Crippen LogP contribution in [0.5, 0.6) is 0 Å². The number of nitrogen functional groups attached to an aromatic ring is 1. The molecule has 102 valence electrons. The molecular formula is C14H26N4. The van der Waals surface area contributed by atoms with Gasteiger partial charge in [-0.1, -0.05) is 20.8 Å². The predicted octanol–water partition coefficient (Wildman–Crippen LogP) is 3.12. The van der Waals surface area contributed by atoms with Crippen molar-refractivity contribution in [2.24, 2.45) is 13.0 Å². The summed E-state index contributed by atoms with van der Waals surface area (Å²) in [7, 11) is 1.97. The molecule has 0 unspecified atom stereocenters. The van der Waals surface area contributed by atoms with Crippen LogP contribution in [0.2, 0.25) is 0 Å². The van der Waals surface area contributed by atoms with Crippen molar-refractivity contribution in [3.63, 3.8) is 0 Å². The van der Waals surface area contributed by atoms with Crippen LogP contribution in [0.15, 0.2) is 0 Å². The molecule has 1 aliphatic rings. The van der Waals surface area contributed by atoms with Gasteiger partial charge in [0.05, 0.1) is 11.4 Å². The van der Waals surface area contributed by atoms with E-state index >= 15 is 0 Å². The van der Waals surface area contributed by atoms with Crippen molar-refractivity contribution in [2.45, 2.75) is 58.4 Å². The summed E-state index contributed by atoms with van der Waals surface area (Å²) in [6, 6.07) is 0.555. The zero-order valence-electron chi connectivity index (χ0n) is 12.0. The highest BCUT2D eigenvalue weighted by atomic mass is 15.3. The highest BCUT2D eigenvalue weighted by Gasteiger charge is 2.22. The van der Waals surface area contributed by atoms with E-state index in [1.54, 1.807) is 0 Å². The Balaban J connectivity index is 2.09. The number of nitrogens with one attached hydrogen (secondary N) is 1. The number of hydrogen-bond acceptors (Lipinski definition) is 3. The van der Waals surface area contributed by atoms with Crippen LogP contribution in [-0.4, -0.2) is 15.8 Å². The molecular weight excluding hydrogens is 224 g/mol. The molecule has 0 radical (unpaired) electrons. The van der Waals surface area contributed by atoms with Crippen molar-refractivity contribution in [1.29, 1.82) is 0 Å². The van der Waals surface area contributed by atoms with E-state index in [1.165, 1.54) is 25.7 Å². The average molecular weight is 250 g/mol. The second-order valence-corrected chi connectivity index (χ2v) is 6.03. The lowest BCUT2D eigenvalue weighted by atomic mass is 9.87. The monoisotopic (exact) mass is 250 g/mol. The maximum absolute atomic E-state index is 6.20. The number of nitrogens with zero attached hydrogens (tertiary/aromatic N) is 2. The molecule has 1 aromatic rings. The quantitative estimate of drug-likeness (QED) is 0.866. The summed E-state index contributed by atoms with van der Waals surface area (Å²) in [5.41, 5.74) is 8.03. The normalized spacial score (nSPS) is 24.5. The Bertz CT molecular complexity index is 400. The largest absolute Gasteiger partial charge is 0.394 e. The van der Waals surface area contributed by atoms with Crippen LogP contribution in [0, 0.1) is 5.92 Å². The van der Waals surface area contributed by atoms with Gasteiger partial charge in [-0.25, -0.2) is 0 Å². The molecule has 18 heavy (non-hydrogen) atoms. The molecule has 4 heteroatoms. The highest BCUT2D eigenvalue weighted by Crippen LogP contribution is 2.31. The van der Waals surface area contributed by atoms with E-state index < -0.39 is 0 Å². The van der Waals surface area contributed by atoms with Crippen molar-refractivity contribution in [1.82, 2.24) is 9.78 Å². The predicted molar refractivity (Wildman–Crippen MR) is 76.8 cm³/mol. The van der Waals surface area contributed by atoms with E-state index in [2.05, 4.69) is 31.2 Å². The number of nitrogens with two attached hydrogens (primary N) is 1. The van der Waals surface area contributed by atoms with Crippen molar-refractivity contribution < 1.29 is 0 Å². The lowest BCUT2D eigenvalue weighted by molar-refractivity contribution is 0.360. The minimum atomic E-state index is 0.373. The zero-order chi connectivity index (χ0) is 13.3. The third-order valence-corrected chi connectivity index (χ3v) is 4.02. The summed E-state index contributed by atoms with van der Waals surface area (Å²) >= 11 is 0. The number of hydrogen-bond donors (Lipinski definition) is 2. The molecule has 3 N–H and O–H groups in total. The van der Waals surface area contributed by atoms with Gasteiger partial charge < -0.3 is 11.1 Å². The minimum absolute atomic E-state index is 0.373. The summed E-state index contributed by atoms with van der Waals surface area (Å²) < 4.78 is 1.89. The molecule has 1 fully saturated rings. The smallest absolute Gasteiger partial charge is 0.148 e. The second kappa shape index (κ2) is 5.21. The standard InChI is InChI=1S/C14H26N4/c1-9(2)13-12(15)14(18(4)17-13)16-11-7-5-10(3)6-8-11/h9-11,16H,5-8,15H2,1-4H3. The van der Waals surface area contributed by atoms with E-state index in [1.807, 2.05) is 11.7 Å². The number of aromatic nitrogens is 2. The lowest BCUT2D eigenvalue weighted by Crippen LogP contribution is -2.26. The first-order chi connectivity index (χ1) is 8.49. The van der Waals surface area contributed by atoms with E-state index in [0.717, 1.165) is 23.1 Å². The third kappa shape index (κ3) is 2.62. The van der Waals surface area contributed by atoms with Gasteiger partial charge in [0.1, 0.15) is 5.82 Å². The van der Waals surface area contributed by atoms with Crippen molar-refractivity contribution in [3.8, 4) is 0 Å². The van der Waals surface area contributed by atoms with E-state index in [-0.39, 0.29) is 0 Å². The number of rotatable bonds is 3. The van der Waals surface area contributed by atoms with Gasteiger partial charge in [0.25, 0.3) is 0 Å². The first-order valence-electron chi connectivity index (χ1n) is 7.08. The van der Waals surface area contributed by atoms with Gasteiger partial charge in [-0.3, -0.25) is 4.68 Å². The molecule has 1 heterocycles.